The standard InChI is InChI=1S/C16H25NO2/c1-5-12-6-8-16(9-7-12)10-13(11-16)17-14(18)19-15(2,3)4/h1,12-13H,6-11H2,2-4H3,(H,17,18). The van der Waals surface area contributed by atoms with Crippen LogP contribution < -0.4 is 5.32 Å². The van der Waals surface area contributed by atoms with Crippen molar-refractivity contribution in [2.45, 2.75) is 70.9 Å². The Hall–Kier alpha value is -1.17. The van der Waals surface area contributed by atoms with Crippen LogP contribution in [0.25, 0.3) is 0 Å². The second kappa shape index (κ2) is 5.07. The van der Waals surface area contributed by atoms with Crippen LogP contribution in [0.2, 0.25) is 0 Å². The SMILES string of the molecule is C#CC1CCC2(CC1)CC(NC(=O)OC(C)(C)C)C2. The first kappa shape index (κ1) is 14.2. The Balaban J connectivity index is 1.72. The summed E-state index contributed by atoms with van der Waals surface area (Å²) in [5, 5.41) is 2.97. The number of ether oxygens (including phenoxy) is 1. The van der Waals surface area contributed by atoms with Gasteiger partial charge in [-0.3, -0.25) is 0 Å². The Morgan fingerprint density at radius 3 is 2.37 bits per heavy atom. The summed E-state index contributed by atoms with van der Waals surface area (Å²) in [5.74, 6) is 3.34. The van der Waals surface area contributed by atoms with Crippen LogP contribution >= 0.6 is 0 Å². The zero-order valence-electron chi connectivity index (χ0n) is 12.3. The number of rotatable bonds is 1. The van der Waals surface area contributed by atoms with Crippen molar-refractivity contribution in [3.05, 3.63) is 0 Å². The lowest BCUT2D eigenvalue weighted by molar-refractivity contribution is 0.0126. The van der Waals surface area contributed by atoms with Gasteiger partial charge in [-0.05, 0) is 64.7 Å². The maximum Gasteiger partial charge on any atom is 0.407 e. The Bertz CT molecular complexity index is 373. The normalized spacial score (nSPS) is 34.2. The molecule has 0 aromatic heterocycles. The topological polar surface area (TPSA) is 38.3 Å². The summed E-state index contributed by atoms with van der Waals surface area (Å²) in [6.07, 6.45) is 12.1. The van der Waals surface area contributed by atoms with Crippen LogP contribution in [0, 0.1) is 23.7 Å². The minimum Gasteiger partial charge on any atom is -0.444 e. The van der Waals surface area contributed by atoms with Gasteiger partial charge in [-0.2, -0.15) is 0 Å². The van der Waals surface area contributed by atoms with Crippen molar-refractivity contribution in [3.8, 4) is 12.3 Å². The maximum atomic E-state index is 11.7. The van der Waals surface area contributed by atoms with Gasteiger partial charge in [0.25, 0.3) is 0 Å². The number of carbonyl (C=O) groups excluding carboxylic acids is 1. The van der Waals surface area contributed by atoms with E-state index in [2.05, 4.69) is 11.2 Å². The molecule has 1 amide bonds. The summed E-state index contributed by atoms with van der Waals surface area (Å²) < 4.78 is 5.28. The van der Waals surface area contributed by atoms with E-state index in [9.17, 15) is 4.79 Å². The molecule has 0 aromatic carbocycles. The molecule has 1 spiro atoms. The highest BCUT2D eigenvalue weighted by Crippen LogP contribution is 2.52. The molecule has 0 atom stereocenters. The molecular weight excluding hydrogens is 238 g/mol. The molecule has 0 bridgehead atoms. The molecule has 2 rings (SSSR count). The van der Waals surface area contributed by atoms with Gasteiger partial charge in [-0.1, -0.05) is 0 Å². The van der Waals surface area contributed by atoms with Crippen LogP contribution in [-0.2, 0) is 4.74 Å². The fraction of sp³-hybridized carbons (Fsp3) is 0.812. The van der Waals surface area contributed by atoms with E-state index in [4.69, 9.17) is 11.2 Å². The molecule has 2 aliphatic rings. The van der Waals surface area contributed by atoms with E-state index in [1.54, 1.807) is 0 Å². The number of carbonyl (C=O) groups is 1. The highest BCUT2D eigenvalue weighted by atomic mass is 16.6. The fourth-order valence-electron chi connectivity index (χ4n) is 3.37. The van der Waals surface area contributed by atoms with E-state index in [1.165, 1.54) is 12.8 Å². The summed E-state index contributed by atoms with van der Waals surface area (Å²) >= 11 is 0. The third kappa shape index (κ3) is 3.65. The van der Waals surface area contributed by atoms with Crippen LogP contribution in [0.1, 0.15) is 59.3 Å². The molecule has 0 radical (unpaired) electrons. The molecule has 0 unspecified atom stereocenters. The van der Waals surface area contributed by atoms with Gasteiger partial charge in [0.1, 0.15) is 5.60 Å². The first-order valence-corrected chi connectivity index (χ1v) is 7.28. The molecule has 106 valence electrons. The highest BCUT2D eigenvalue weighted by Gasteiger charge is 2.46. The van der Waals surface area contributed by atoms with Crippen LogP contribution in [-0.4, -0.2) is 17.7 Å². The second-order valence-electron chi connectivity index (χ2n) is 7.19. The average Bonchev–Trinajstić information content (AvgIpc) is 2.25. The van der Waals surface area contributed by atoms with Crippen molar-refractivity contribution in [1.29, 1.82) is 0 Å². The maximum absolute atomic E-state index is 11.7. The molecule has 2 fully saturated rings. The smallest absolute Gasteiger partial charge is 0.407 e. The Morgan fingerprint density at radius 1 is 1.32 bits per heavy atom. The minimum atomic E-state index is -0.420. The van der Waals surface area contributed by atoms with E-state index in [0.717, 1.165) is 25.7 Å². The third-order valence-electron chi connectivity index (χ3n) is 4.36. The summed E-state index contributed by atoms with van der Waals surface area (Å²) in [5.41, 5.74) is 0.0312. The molecule has 1 N–H and O–H groups in total. The van der Waals surface area contributed by atoms with Gasteiger partial charge in [0.15, 0.2) is 0 Å². The summed E-state index contributed by atoms with van der Waals surface area (Å²) in [6, 6.07) is 0.289. The summed E-state index contributed by atoms with van der Waals surface area (Å²) in [6.45, 7) is 5.65. The lowest BCUT2D eigenvalue weighted by Crippen LogP contribution is -2.52. The number of terminal acetylenes is 1. The van der Waals surface area contributed by atoms with Gasteiger partial charge in [-0.15, -0.1) is 12.3 Å². The van der Waals surface area contributed by atoms with E-state index < -0.39 is 5.60 Å². The number of hydrogen-bond acceptors (Lipinski definition) is 2. The second-order valence-corrected chi connectivity index (χ2v) is 7.19. The Kier molecular flexibility index (Phi) is 3.80. The molecule has 3 nitrogen and oxygen atoms in total. The van der Waals surface area contributed by atoms with Crippen molar-refractivity contribution in [3.63, 3.8) is 0 Å². The Morgan fingerprint density at radius 2 is 1.89 bits per heavy atom. The fourth-order valence-corrected chi connectivity index (χ4v) is 3.37. The number of alkyl carbamates (subject to hydrolysis) is 1. The Labute approximate surface area is 116 Å². The third-order valence-corrected chi connectivity index (χ3v) is 4.36. The lowest BCUT2D eigenvalue weighted by atomic mass is 9.57. The molecule has 2 aliphatic carbocycles. The van der Waals surface area contributed by atoms with E-state index >= 15 is 0 Å². The predicted octanol–water partition coefficient (Wildman–Crippen LogP) is 3.48. The van der Waals surface area contributed by atoms with Crippen LogP contribution in [0.4, 0.5) is 4.79 Å². The zero-order valence-corrected chi connectivity index (χ0v) is 12.3. The quantitative estimate of drug-likeness (QED) is 0.735. The number of nitrogens with one attached hydrogen (secondary N) is 1. The predicted molar refractivity (Wildman–Crippen MR) is 75.6 cm³/mol. The monoisotopic (exact) mass is 263 g/mol. The van der Waals surface area contributed by atoms with Gasteiger partial charge in [0.05, 0.1) is 0 Å². The molecule has 2 saturated carbocycles. The molecule has 0 saturated heterocycles. The number of amides is 1. The highest BCUT2D eigenvalue weighted by molar-refractivity contribution is 5.68. The summed E-state index contributed by atoms with van der Waals surface area (Å²) in [4.78, 5) is 11.7. The number of hydrogen-bond donors (Lipinski definition) is 1. The molecule has 0 heterocycles. The van der Waals surface area contributed by atoms with Gasteiger partial charge in [0.2, 0.25) is 0 Å². The van der Waals surface area contributed by atoms with Crippen LogP contribution in [0.5, 0.6) is 0 Å². The van der Waals surface area contributed by atoms with Crippen molar-refractivity contribution in [1.82, 2.24) is 5.32 Å². The van der Waals surface area contributed by atoms with E-state index in [0.29, 0.717) is 11.3 Å². The van der Waals surface area contributed by atoms with Gasteiger partial charge in [-0.25, -0.2) is 4.79 Å². The van der Waals surface area contributed by atoms with E-state index in [-0.39, 0.29) is 12.1 Å². The van der Waals surface area contributed by atoms with E-state index in [1.807, 2.05) is 20.8 Å². The van der Waals surface area contributed by atoms with Crippen LogP contribution in [0.15, 0.2) is 0 Å². The lowest BCUT2D eigenvalue weighted by Gasteiger charge is -2.51. The van der Waals surface area contributed by atoms with Gasteiger partial charge in [0, 0.05) is 12.0 Å². The van der Waals surface area contributed by atoms with Gasteiger partial charge < -0.3 is 10.1 Å². The molecule has 0 aliphatic heterocycles. The minimum absolute atomic E-state index is 0.287. The first-order valence-electron chi connectivity index (χ1n) is 7.28. The largest absolute Gasteiger partial charge is 0.444 e. The van der Waals surface area contributed by atoms with Gasteiger partial charge >= 0.3 is 6.09 Å². The van der Waals surface area contributed by atoms with Crippen molar-refractivity contribution >= 4 is 6.09 Å². The molecule has 0 aromatic rings. The van der Waals surface area contributed by atoms with Crippen molar-refractivity contribution in [2.75, 3.05) is 0 Å². The molecular formula is C16H25NO2. The van der Waals surface area contributed by atoms with Crippen LogP contribution in [0.3, 0.4) is 0 Å². The first-order chi connectivity index (χ1) is 8.82. The molecule has 19 heavy (non-hydrogen) atoms. The van der Waals surface area contributed by atoms with Crippen molar-refractivity contribution in [2.24, 2.45) is 11.3 Å². The summed E-state index contributed by atoms with van der Waals surface area (Å²) in [7, 11) is 0. The average molecular weight is 263 g/mol. The zero-order chi connectivity index (χ0) is 14.1. The van der Waals surface area contributed by atoms with Crippen molar-refractivity contribution < 1.29 is 9.53 Å². The molecule has 3 heteroatoms.